The molecule has 1 fully saturated rings. The van der Waals surface area contributed by atoms with Crippen LogP contribution in [0.15, 0.2) is 18.2 Å². The standard InChI is InChI=1S/C13H18N2O2S/c1-10-2-3-12-13(8-10)15(6-5-14-12)11-4-7-18(16,17)9-11/h2-3,8,11,14H,4-7,9H2,1H3. The normalized spacial score (nSPS) is 25.6. The summed E-state index contributed by atoms with van der Waals surface area (Å²) in [6, 6.07) is 6.46. The molecular formula is C13H18N2O2S. The molecule has 0 spiro atoms. The predicted molar refractivity (Wildman–Crippen MR) is 74.1 cm³/mol. The predicted octanol–water partition coefficient (Wildman–Crippen LogP) is 1.41. The Labute approximate surface area is 108 Å². The van der Waals surface area contributed by atoms with Crippen molar-refractivity contribution >= 4 is 21.2 Å². The van der Waals surface area contributed by atoms with Gasteiger partial charge < -0.3 is 10.2 Å². The van der Waals surface area contributed by atoms with Crippen LogP contribution in [0.25, 0.3) is 0 Å². The Morgan fingerprint density at radius 2 is 2.22 bits per heavy atom. The zero-order valence-corrected chi connectivity index (χ0v) is 11.3. The van der Waals surface area contributed by atoms with Gasteiger partial charge in [-0.2, -0.15) is 0 Å². The number of nitrogens with one attached hydrogen (secondary N) is 1. The minimum atomic E-state index is -2.82. The van der Waals surface area contributed by atoms with Crippen molar-refractivity contribution in [1.82, 2.24) is 0 Å². The van der Waals surface area contributed by atoms with E-state index in [1.54, 1.807) is 0 Å². The van der Waals surface area contributed by atoms with E-state index in [0.29, 0.717) is 11.5 Å². The van der Waals surface area contributed by atoms with Crippen molar-refractivity contribution in [1.29, 1.82) is 0 Å². The van der Waals surface area contributed by atoms with Gasteiger partial charge in [-0.15, -0.1) is 0 Å². The van der Waals surface area contributed by atoms with Crippen molar-refractivity contribution in [3.63, 3.8) is 0 Å². The lowest BCUT2D eigenvalue weighted by molar-refractivity contribution is 0.599. The van der Waals surface area contributed by atoms with Crippen molar-refractivity contribution in [2.45, 2.75) is 19.4 Å². The van der Waals surface area contributed by atoms with E-state index >= 15 is 0 Å². The monoisotopic (exact) mass is 266 g/mol. The SMILES string of the molecule is Cc1ccc2c(c1)N(C1CCS(=O)(=O)C1)CCN2. The summed E-state index contributed by atoms with van der Waals surface area (Å²) in [6.07, 6.45) is 0.760. The van der Waals surface area contributed by atoms with Gasteiger partial charge in [0.1, 0.15) is 0 Å². The molecule has 3 rings (SSSR count). The molecule has 5 heteroatoms. The summed E-state index contributed by atoms with van der Waals surface area (Å²) in [6.45, 7) is 3.84. The molecule has 0 saturated carbocycles. The molecule has 0 bridgehead atoms. The van der Waals surface area contributed by atoms with Crippen LogP contribution in [0.1, 0.15) is 12.0 Å². The van der Waals surface area contributed by atoms with E-state index in [2.05, 4.69) is 35.3 Å². The first-order chi connectivity index (χ1) is 8.55. The number of benzene rings is 1. The lowest BCUT2D eigenvalue weighted by Gasteiger charge is -2.36. The van der Waals surface area contributed by atoms with Crippen molar-refractivity contribution in [3.8, 4) is 0 Å². The van der Waals surface area contributed by atoms with Gasteiger partial charge in [0.2, 0.25) is 0 Å². The molecule has 0 aromatic heterocycles. The van der Waals surface area contributed by atoms with Crippen LogP contribution in [-0.2, 0) is 9.84 Å². The fraction of sp³-hybridized carbons (Fsp3) is 0.538. The summed E-state index contributed by atoms with van der Waals surface area (Å²) in [4.78, 5) is 2.27. The highest BCUT2D eigenvalue weighted by Crippen LogP contribution is 2.33. The third-order valence-corrected chi connectivity index (χ3v) is 5.53. The molecule has 0 aliphatic carbocycles. The smallest absolute Gasteiger partial charge is 0.152 e. The fourth-order valence-electron chi connectivity index (χ4n) is 2.86. The van der Waals surface area contributed by atoms with Crippen molar-refractivity contribution in [2.24, 2.45) is 0 Å². The fourth-order valence-corrected chi connectivity index (χ4v) is 4.59. The molecule has 98 valence electrons. The second-order valence-electron chi connectivity index (χ2n) is 5.20. The lowest BCUT2D eigenvalue weighted by Crippen LogP contribution is -2.42. The van der Waals surface area contributed by atoms with Crippen molar-refractivity contribution in [3.05, 3.63) is 23.8 Å². The van der Waals surface area contributed by atoms with Crippen LogP contribution in [0.4, 0.5) is 11.4 Å². The summed E-state index contributed by atoms with van der Waals surface area (Å²) < 4.78 is 23.2. The van der Waals surface area contributed by atoms with Gasteiger partial charge in [-0.25, -0.2) is 8.42 Å². The number of sulfone groups is 1. The van der Waals surface area contributed by atoms with Crippen LogP contribution in [0.2, 0.25) is 0 Å². The molecule has 1 saturated heterocycles. The maximum absolute atomic E-state index is 11.6. The first-order valence-electron chi connectivity index (χ1n) is 6.37. The van der Waals surface area contributed by atoms with E-state index in [1.807, 2.05) is 0 Å². The average Bonchev–Trinajstić information content (AvgIpc) is 2.69. The number of hydrogen-bond acceptors (Lipinski definition) is 4. The molecule has 2 heterocycles. The molecule has 18 heavy (non-hydrogen) atoms. The lowest BCUT2D eigenvalue weighted by atomic mass is 10.1. The van der Waals surface area contributed by atoms with Crippen molar-refractivity contribution < 1.29 is 8.42 Å². The van der Waals surface area contributed by atoms with Crippen molar-refractivity contribution in [2.75, 3.05) is 34.8 Å². The zero-order chi connectivity index (χ0) is 12.8. The Bertz CT molecular complexity index is 568. The van der Waals surface area contributed by atoms with Gasteiger partial charge >= 0.3 is 0 Å². The van der Waals surface area contributed by atoms with E-state index in [1.165, 1.54) is 5.56 Å². The van der Waals surface area contributed by atoms with Gasteiger partial charge in [0.25, 0.3) is 0 Å². The number of nitrogens with zero attached hydrogens (tertiary/aromatic N) is 1. The number of aryl methyl sites for hydroxylation is 1. The highest BCUT2D eigenvalue weighted by Gasteiger charge is 2.34. The zero-order valence-electron chi connectivity index (χ0n) is 10.5. The highest BCUT2D eigenvalue weighted by atomic mass is 32.2. The largest absolute Gasteiger partial charge is 0.382 e. The summed E-state index contributed by atoms with van der Waals surface area (Å²) in [5, 5.41) is 3.37. The van der Waals surface area contributed by atoms with E-state index < -0.39 is 9.84 Å². The van der Waals surface area contributed by atoms with Gasteiger partial charge in [-0.3, -0.25) is 0 Å². The Morgan fingerprint density at radius 1 is 1.39 bits per heavy atom. The minimum Gasteiger partial charge on any atom is -0.382 e. The van der Waals surface area contributed by atoms with Gasteiger partial charge in [0.15, 0.2) is 9.84 Å². The highest BCUT2D eigenvalue weighted by molar-refractivity contribution is 7.91. The number of rotatable bonds is 1. The third kappa shape index (κ3) is 2.07. The molecule has 2 aliphatic heterocycles. The molecule has 1 unspecified atom stereocenters. The van der Waals surface area contributed by atoms with Gasteiger partial charge in [-0.1, -0.05) is 6.07 Å². The summed E-state index contributed by atoms with van der Waals surface area (Å²) >= 11 is 0. The van der Waals surface area contributed by atoms with Crippen LogP contribution < -0.4 is 10.2 Å². The van der Waals surface area contributed by atoms with Crippen LogP contribution in [-0.4, -0.2) is 39.1 Å². The Morgan fingerprint density at radius 3 is 2.94 bits per heavy atom. The molecule has 0 amide bonds. The van der Waals surface area contributed by atoms with Gasteiger partial charge in [0, 0.05) is 19.1 Å². The summed E-state index contributed by atoms with van der Waals surface area (Å²) in [5.74, 6) is 0.642. The molecule has 1 aromatic carbocycles. The Hall–Kier alpha value is -1.23. The minimum absolute atomic E-state index is 0.151. The second-order valence-corrected chi connectivity index (χ2v) is 7.43. The number of hydrogen-bond donors (Lipinski definition) is 1. The summed E-state index contributed by atoms with van der Waals surface area (Å²) in [5.41, 5.74) is 3.49. The van der Waals surface area contributed by atoms with E-state index in [4.69, 9.17) is 0 Å². The van der Waals surface area contributed by atoms with Crippen LogP contribution in [0, 0.1) is 6.92 Å². The van der Waals surface area contributed by atoms with Crippen LogP contribution in [0.5, 0.6) is 0 Å². The molecule has 1 aromatic rings. The number of anilines is 2. The molecule has 1 atom stereocenters. The summed E-state index contributed by atoms with van der Waals surface area (Å²) in [7, 11) is -2.82. The second kappa shape index (κ2) is 4.16. The molecular weight excluding hydrogens is 248 g/mol. The van der Waals surface area contributed by atoms with E-state index in [-0.39, 0.29) is 6.04 Å². The molecule has 4 nitrogen and oxygen atoms in total. The molecule has 0 radical (unpaired) electrons. The molecule has 1 N–H and O–H groups in total. The average molecular weight is 266 g/mol. The quantitative estimate of drug-likeness (QED) is 0.835. The molecule has 2 aliphatic rings. The van der Waals surface area contributed by atoms with E-state index in [9.17, 15) is 8.42 Å². The van der Waals surface area contributed by atoms with Gasteiger partial charge in [-0.05, 0) is 31.0 Å². The Kier molecular flexibility index (Phi) is 2.73. The van der Waals surface area contributed by atoms with Gasteiger partial charge in [0.05, 0.1) is 22.9 Å². The van der Waals surface area contributed by atoms with Crippen LogP contribution in [0.3, 0.4) is 0 Å². The third-order valence-electron chi connectivity index (χ3n) is 3.78. The first-order valence-corrected chi connectivity index (χ1v) is 8.19. The maximum atomic E-state index is 11.6. The topological polar surface area (TPSA) is 49.4 Å². The maximum Gasteiger partial charge on any atom is 0.152 e. The van der Waals surface area contributed by atoms with Crippen LogP contribution >= 0.6 is 0 Å². The Balaban J connectivity index is 1.94. The van der Waals surface area contributed by atoms with E-state index in [0.717, 1.165) is 30.9 Å². The first kappa shape index (κ1) is 11.8. The number of fused-ring (bicyclic) bond motifs is 1.